The quantitative estimate of drug-likeness (QED) is 0.464. The second kappa shape index (κ2) is 7.50. The van der Waals surface area contributed by atoms with Crippen LogP contribution in [0.15, 0.2) is 12.1 Å². The molecule has 0 amide bonds. The molecule has 0 aliphatic heterocycles. The number of nitrogen functional groups attached to an aromatic ring is 1. The van der Waals surface area contributed by atoms with E-state index in [1.165, 1.54) is 0 Å². The standard InChI is InChI=1S/C13H18BF3NO2.K/c1-8-9(6-12(19)20-13(2,3)4)5-10(7-11(8)18)14(15,16)17;/h5,7H,6,18H2,1-4H3;/q-1;+1. The van der Waals surface area contributed by atoms with E-state index in [4.69, 9.17) is 10.5 Å². The number of ether oxygens (including phenoxy) is 1. The monoisotopic (exact) mass is 327 g/mol. The number of anilines is 1. The third kappa shape index (κ3) is 6.73. The van der Waals surface area contributed by atoms with Crippen molar-refractivity contribution in [1.29, 1.82) is 0 Å². The van der Waals surface area contributed by atoms with Gasteiger partial charge < -0.3 is 23.4 Å². The molecule has 112 valence electrons. The molecule has 0 aliphatic carbocycles. The van der Waals surface area contributed by atoms with Crippen LogP contribution >= 0.6 is 0 Å². The molecule has 0 saturated heterocycles. The Hall–Kier alpha value is -0.0187. The number of halogens is 3. The van der Waals surface area contributed by atoms with Crippen molar-refractivity contribution in [3.63, 3.8) is 0 Å². The molecule has 0 spiro atoms. The average Bonchev–Trinajstić information content (AvgIpc) is 2.20. The van der Waals surface area contributed by atoms with E-state index < -0.39 is 24.0 Å². The Morgan fingerprint density at radius 2 is 1.81 bits per heavy atom. The first-order valence-electron chi connectivity index (χ1n) is 6.21. The fraction of sp³-hybridized carbons (Fsp3) is 0.462. The minimum atomic E-state index is -5.15. The predicted molar refractivity (Wildman–Crippen MR) is 73.9 cm³/mol. The van der Waals surface area contributed by atoms with Gasteiger partial charge in [-0.1, -0.05) is 12.1 Å². The number of hydrogen-bond donors (Lipinski definition) is 1. The smallest absolute Gasteiger partial charge is 0.460 e. The number of nitrogens with two attached hydrogens (primary N) is 1. The van der Waals surface area contributed by atoms with Gasteiger partial charge in [0.1, 0.15) is 5.60 Å². The van der Waals surface area contributed by atoms with Crippen molar-refractivity contribution in [2.45, 2.75) is 39.7 Å². The minimum Gasteiger partial charge on any atom is -0.460 e. The first kappa shape index (κ1) is 21.0. The van der Waals surface area contributed by atoms with Crippen molar-refractivity contribution < 1.29 is 73.9 Å². The van der Waals surface area contributed by atoms with E-state index in [0.717, 1.165) is 12.1 Å². The fourth-order valence-electron chi connectivity index (χ4n) is 1.73. The summed E-state index contributed by atoms with van der Waals surface area (Å²) in [7, 11) is 0. The van der Waals surface area contributed by atoms with Crippen molar-refractivity contribution >= 4 is 24.1 Å². The first-order valence-corrected chi connectivity index (χ1v) is 6.21. The second-order valence-corrected chi connectivity index (χ2v) is 5.73. The minimum absolute atomic E-state index is 0. The van der Waals surface area contributed by atoms with E-state index in [9.17, 15) is 17.7 Å². The zero-order valence-corrected chi connectivity index (χ0v) is 16.1. The van der Waals surface area contributed by atoms with Crippen molar-refractivity contribution in [3.05, 3.63) is 23.3 Å². The maximum Gasteiger partial charge on any atom is 1.00 e. The molecule has 1 aromatic carbocycles. The first-order chi connectivity index (χ1) is 8.90. The molecule has 3 nitrogen and oxygen atoms in total. The van der Waals surface area contributed by atoms with E-state index in [1.807, 2.05) is 0 Å². The van der Waals surface area contributed by atoms with Crippen LogP contribution in [0.1, 0.15) is 31.9 Å². The number of benzene rings is 1. The van der Waals surface area contributed by atoms with Gasteiger partial charge in [-0.25, -0.2) is 0 Å². The number of carbonyl (C=O) groups excluding carboxylic acids is 1. The summed E-state index contributed by atoms with van der Waals surface area (Å²) in [6.45, 7) is 1.52. The zero-order valence-electron chi connectivity index (χ0n) is 13.0. The van der Waals surface area contributed by atoms with Crippen LogP contribution < -0.4 is 62.6 Å². The van der Waals surface area contributed by atoms with Crippen LogP contribution in [0.25, 0.3) is 0 Å². The number of carbonyl (C=O) groups is 1. The maximum atomic E-state index is 12.8. The number of esters is 1. The summed E-state index contributed by atoms with van der Waals surface area (Å²) in [6.07, 6.45) is -0.229. The van der Waals surface area contributed by atoms with E-state index in [1.54, 1.807) is 27.7 Å². The van der Waals surface area contributed by atoms with Gasteiger partial charge >= 0.3 is 64.3 Å². The molecule has 1 rings (SSSR count). The molecule has 0 atom stereocenters. The van der Waals surface area contributed by atoms with Crippen molar-refractivity contribution in [1.82, 2.24) is 0 Å². The van der Waals surface area contributed by atoms with Gasteiger partial charge in [-0.2, -0.15) is 0 Å². The Morgan fingerprint density at radius 3 is 2.24 bits per heavy atom. The van der Waals surface area contributed by atoms with Crippen LogP contribution in [0.4, 0.5) is 18.6 Å². The number of hydrogen-bond acceptors (Lipinski definition) is 3. The molecule has 8 heteroatoms. The van der Waals surface area contributed by atoms with Crippen LogP contribution in [0, 0.1) is 6.92 Å². The molecule has 0 radical (unpaired) electrons. The van der Waals surface area contributed by atoms with Crippen LogP contribution in [0.5, 0.6) is 0 Å². The predicted octanol–water partition coefficient (Wildman–Crippen LogP) is -0.480. The Morgan fingerprint density at radius 1 is 1.29 bits per heavy atom. The topological polar surface area (TPSA) is 52.3 Å². The van der Waals surface area contributed by atoms with Crippen LogP contribution in [-0.4, -0.2) is 18.5 Å². The van der Waals surface area contributed by atoms with Gasteiger partial charge in [0.15, 0.2) is 0 Å². The normalized spacial score (nSPS) is 11.8. The van der Waals surface area contributed by atoms with Gasteiger partial charge in [-0.3, -0.25) is 4.79 Å². The van der Waals surface area contributed by atoms with Gasteiger partial charge in [-0.15, -0.1) is 5.46 Å². The summed E-state index contributed by atoms with van der Waals surface area (Å²) in [6, 6.07) is 1.86. The van der Waals surface area contributed by atoms with E-state index in [0.29, 0.717) is 5.56 Å². The molecule has 0 fully saturated rings. The third-order valence-corrected chi connectivity index (χ3v) is 2.71. The zero-order chi connectivity index (χ0) is 15.7. The molecule has 0 aromatic heterocycles. The molecule has 0 aliphatic rings. The molecule has 0 heterocycles. The van der Waals surface area contributed by atoms with Gasteiger partial charge in [0.25, 0.3) is 0 Å². The molecule has 0 saturated carbocycles. The molecule has 0 unspecified atom stereocenters. The molecule has 1 aromatic rings. The Balaban J connectivity index is 0.00000400. The van der Waals surface area contributed by atoms with E-state index >= 15 is 0 Å². The molecule has 0 bridgehead atoms. The van der Waals surface area contributed by atoms with Crippen molar-refractivity contribution in [2.75, 3.05) is 5.73 Å². The molecule has 2 N–H and O–H groups in total. The summed E-state index contributed by atoms with van der Waals surface area (Å²) in [4.78, 5) is 11.7. The largest absolute Gasteiger partial charge is 1.00 e. The van der Waals surface area contributed by atoms with Crippen LogP contribution in [0.2, 0.25) is 0 Å². The SMILES string of the molecule is Cc1c(N)cc([B-](F)(F)F)cc1CC(=O)OC(C)(C)C.[K+]. The Labute approximate surface area is 165 Å². The van der Waals surface area contributed by atoms with Crippen LogP contribution in [0.3, 0.4) is 0 Å². The van der Waals surface area contributed by atoms with E-state index in [2.05, 4.69) is 0 Å². The Bertz CT molecular complexity index is 527. The van der Waals surface area contributed by atoms with Gasteiger partial charge in [0.2, 0.25) is 0 Å². The average molecular weight is 327 g/mol. The van der Waals surface area contributed by atoms with Crippen LogP contribution in [-0.2, 0) is 16.0 Å². The van der Waals surface area contributed by atoms with Gasteiger partial charge in [0.05, 0.1) is 6.42 Å². The van der Waals surface area contributed by atoms with Crippen molar-refractivity contribution in [3.8, 4) is 0 Å². The maximum absolute atomic E-state index is 12.8. The van der Waals surface area contributed by atoms with Gasteiger partial charge in [-0.05, 0) is 38.8 Å². The summed E-state index contributed by atoms with van der Waals surface area (Å²) in [5.74, 6) is -0.577. The Kier molecular flexibility index (Phi) is 7.49. The second-order valence-electron chi connectivity index (χ2n) is 5.73. The molecule has 21 heavy (non-hydrogen) atoms. The summed E-state index contributed by atoms with van der Waals surface area (Å²) in [5, 5.41) is 0. The third-order valence-electron chi connectivity index (χ3n) is 2.71. The summed E-state index contributed by atoms with van der Waals surface area (Å²) < 4.78 is 43.4. The van der Waals surface area contributed by atoms with Gasteiger partial charge in [0, 0.05) is 5.69 Å². The molecular weight excluding hydrogens is 309 g/mol. The van der Waals surface area contributed by atoms with E-state index in [-0.39, 0.29) is 69.1 Å². The summed E-state index contributed by atoms with van der Waals surface area (Å²) in [5.41, 5.74) is 4.84. The fourth-order valence-corrected chi connectivity index (χ4v) is 1.73. The summed E-state index contributed by atoms with van der Waals surface area (Å²) >= 11 is 0. The van der Waals surface area contributed by atoms with Crippen molar-refractivity contribution in [2.24, 2.45) is 0 Å². The number of rotatable bonds is 3. The molecular formula is C13H18BF3KNO2.